The second kappa shape index (κ2) is 6.70. The van der Waals surface area contributed by atoms with Crippen molar-refractivity contribution in [2.24, 2.45) is 0 Å². The van der Waals surface area contributed by atoms with E-state index < -0.39 is 22.7 Å². The molecule has 20 heavy (non-hydrogen) atoms. The van der Waals surface area contributed by atoms with Crippen molar-refractivity contribution in [3.63, 3.8) is 0 Å². The van der Waals surface area contributed by atoms with E-state index in [0.29, 0.717) is 0 Å². The van der Waals surface area contributed by atoms with E-state index in [0.717, 1.165) is 11.8 Å². The van der Waals surface area contributed by atoms with Gasteiger partial charge < -0.3 is 10.1 Å². The van der Waals surface area contributed by atoms with Crippen molar-refractivity contribution in [1.82, 2.24) is 5.32 Å². The number of hydrogen-bond donors (Lipinski definition) is 1. The maximum Gasteiger partial charge on any atom is 0.408 e. The van der Waals surface area contributed by atoms with Crippen LogP contribution in [0.3, 0.4) is 0 Å². The van der Waals surface area contributed by atoms with Crippen molar-refractivity contribution in [3.8, 4) is 0 Å². The number of nitrogens with zero attached hydrogens (tertiary/aromatic N) is 1. The van der Waals surface area contributed by atoms with Gasteiger partial charge in [-0.25, -0.2) is 4.79 Å². The third kappa shape index (κ3) is 5.99. The summed E-state index contributed by atoms with van der Waals surface area (Å²) >= 11 is 0. The molecule has 0 aliphatic rings. The van der Waals surface area contributed by atoms with Gasteiger partial charge in [-0.15, -0.1) is 0 Å². The summed E-state index contributed by atoms with van der Waals surface area (Å²) in [5, 5.41) is 13.0. The zero-order chi connectivity index (χ0) is 15.2. The van der Waals surface area contributed by atoms with E-state index in [9.17, 15) is 14.9 Å². The Morgan fingerprint density at radius 1 is 1.35 bits per heavy atom. The fraction of sp³-hybridized carbons (Fsp3) is 0.357. The van der Waals surface area contributed by atoms with Gasteiger partial charge in [-0.05, 0) is 26.3 Å². The van der Waals surface area contributed by atoms with Crippen LogP contribution in [0.15, 0.2) is 42.6 Å². The number of amides is 1. The lowest BCUT2D eigenvalue weighted by atomic mass is 10.1. The molecule has 108 valence electrons. The average Bonchev–Trinajstić information content (AvgIpc) is 2.33. The van der Waals surface area contributed by atoms with Crippen LogP contribution in [0.1, 0.15) is 32.4 Å². The summed E-state index contributed by atoms with van der Waals surface area (Å²) in [6.07, 6.45) is 1.48. The summed E-state index contributed by atoms with van der Waals surface area (Å²) in [4.78, 5) is 21.6. The molecule has 1 amide bonds. The molecule has 0 heterocycles. The highest BCUT2D eigenvalue weighted by molar-refractivity contribution is 5.68. The largest absolute Gasteiger partial charge is 0.444 e. The van der Waals surface area contributed by atoms with Crippen molar-refractivity contribution < 1.29 is 14.5 Å². The number of carbonyl (C=O) groups excluding carboxylic acids is 1. The highest BCUT2D eigenvalue weighted by atomic mass is 16.6. The average molecular weight is 278 g/mol. The van der Waals surface area contributed by atoms with Gasteiger partial charge in [0.25, 0.3) is 0 Å². The van der Waals surface area contributed by atoms with Crippen molar-refractivity contribution in [2.45, 2.75) is 32.4 Å². The van der Waals surface area contributed by atoms with Gasteiger partial charge >= 0.3 is 6.09 Å². The molecule has 1 aromatic rings. The second-order valence-electron chi connectivity index (χ2n) is 5.16. The number of benzene rings is 1. The lowest BCUT2D eigenvalue weighted by molar-refractivity contribution is -0.402. The molecule has 1 aromatic carbocycles. The van der Waals surface area contributed by atoms with Crippen LogP contribution in [0.2, 0.25) is 0 Å². The molecule has 1 atom stereocenters. The fourth-order valence-electron chi connectivity index (χ4n) is 1.49. The molecule has 0 fully saturated rings. The molecular weight excluding hydrogens is 260 g/mol. The number of nitrogens with one attached hydrogen (secondary N) is 1. The van der Waals surface area contributed by atoms with E-state index in [4.69, 9.17) is 4.74 Å². The Morgan fingerprint density at radius 3 is 2.45 bits per heavy atom. The standard InChI is InChI=1S/C14H18N2O4/c1-14(2,3)20-13(17)15-12(9-10-16(18)19)11-7-5-4-6-8-11/h4-10,12H,1-3H3,(H,15,17)/b10-9+. The Balaban J connectivity index is 2.84. The molecule has 6 heteroatoms. The normalized spacial score (nSPS) is 12.9. The topological polar surface area (TPSA) is 81.5 Å². The van der Waals surface area contributed by atoms with Gasteiger partial charge in [0.15, 0.2) is 0 Å². The molecule has 0 aliphatic heterocycles. The summed E-state index contributed by atoms with van der Waals surface area (Å²) < 4.78 is 5.14. The van der Waals surface area contributed by atoms with Crippen LogP contribution in [0, 0.1) is 10.1 Å². The summed E-state index contributed by atoms with van der Waals surface area (Å²) in [7, 11) is 0. The third-order valence-electron chi connectivity index (χ3n) is 2.23. The molecule has 0 bridgehead atoms. The van der Waals surface area contributed by atoms with E-state index in [1.54, 1.807) is 45.0 Å². The van der Waals surface area contributed by atoms with Crippen molar-refractivity contribution in [2.75, 3.05) is 0 Å². The van der Waals surface area contributed by atoms with Gasteiger partial charge in [-0.3, -0.25) is 10.1 Å². The molecule has 0 saturated heterocycles. The van der Waals surface area contributed by atoms with Gasteiger partial charge in [-0.2, -0.15) is 0 Å². The SMILES string of the molecule is CC(C)(C)OC(=O)NC(/C=C/[N+](=O)[O-])c1ccccc1. The van der Waals surface area contributed by atoms with Crippen LogP contribution in [0.5, 0.6) is 0 Å². The van der Waals surface area contributed by atoms with Crippen LogP contribution in [0.25, 0.3) is 0 Å². The van der Waals surface area contributed by atoms with Gasteiger partial charge in [0.05, 0.1) is 11.0 Å². The van der Waals surface area contributed by atoms with E-state index in [1.165, 1.54) is 6.08 Å². The minimum absolute atomic E-state index is 0.577. The lowest BCUT2D eigenvalue weighted by Crippen LogP contribution is -2.34. The van der Waals surface area contributed by atoms with E-state index in [1.807, 2.05) is 6.07 Å². The van der Waals surface area contributed by atoms with E-state index >= 15 is 0 Å². The predicted molar refractivity (Wildman–Crippen MR) is 74.7 cm³/mol. The monoisotopic (exact) mass is 278 g/mol. The second-order valence-corrected chi connectivity index (χ2v) is 5.16. The molecule has 0 saturated carbocycles. The molecule has 1 unspecified atom stereocenters. The molecule has 1 N–H and O–H groups in total. The Kier molecular flexibility index (Phi) is 5.25. The smallest absolute Gasteiger partial charge is 0.408 e. The van der Waals surface area contributed by atoms with Crippen molar-refractivity contribution >= 4 is 6.09 Å². The first-order valence-electron chi connectivity index (χ1n) is 6.14. The minimum atomic E-state index is -0.627. The summed E-state index contributed by atoms with van der Waals surface area (Å²) in [6, 6.07) is 8.33. The number of nitro groups is 1. The number of ether oxygens (including phenoxy) is 1. The Hall–Kier alpha value is -2.37. The quantitative estimate of drug-likeness (QED) is 0.678. The highest BCUT2D eigenvalue weighted by Gasteiger charge is 2.19. The summed E-state index contributed by atoms with van der Waals surface area (Å²) in [5.41, 5.74) is 0.106. The van der Waals surface area contributed by atoms with Crippen LogP contribution in [0.4, 0.5) is 4.79 Å². The molecule has 6 nitrogen and oxygen atoms in total. The van der Waals surface area contributed by atoms with Gasteiger partial charge in [-0.1, -0.05) is 30.3 Å². The molecule has 0 aromatic heterocycles. The first kappa shape index (κ1) is 15.7. The molecule has 1 rings (SSSR count). The molecule has 0 spiro atoms. The summed E-state index contributed by atoms with van der Waals surface area (Å²) in [6.45, 7) is 5.24. The Labute approximate surface area is 117 Å². The third-order valence-corrected chi connectivity index (χ3v) is 2.23. The number of rotatable bonds is 4. The van der Waals surface area contributed by atoms with Gasteiger partial charge in [0.1, 0.15) is 5.60 Å². The van der Waals surface area contributed by atoms with Crippen LogP contribution in [-0.2, 0) is 4.74 Å². The number of carbonyl (C=O) groups is 1. The van der Waals surface area contributed by atoms with Crippen molar-refractivity contribution in [3.05, 3.63) is 58.3 Å². The molecule has 0 aliphatic carbocycles. The van der Waals surface area contributed by atoms with Crippen molar-refractivity contribution in [1.29, 1.82) is 0 Å². The number of hydrogen-bond acceptors (Lipinski definition) is 4. The van der Waals surface area contributed by atoms with Crippen LogP contribution >= 0.6 is 0 Å². The maximum atomic E-state index is 11.8. The molecular formula is C14H18N2O4. The molecule has 0 radical (unpaired) electrons. The van der Waals surface area contributed by atoms with Gasteiger partial charge in [0, 0.05) is 6.08 Å². The van der Waals surface area contributed by atoms with Gasteiger partial charge in [0.2, 0.25) is 6.20 Å². The Bertz CT molecular complexity index is 492. The lowest BCUT2D eigenvalue weighted by Gasteiger charge is -2.22. The van der Waals surface area contributed by atoms with E-state index in [-0.39, 0.29) is 0 Å². The zero-order valence-corrected chi connectivity index (χ0v) is 11.7. The zero-order valence-electron chi connectivity index (χ0n) is 11.7. The maximum absolute atomic E-state index is 11.8. The fourth-order valence-corrected chi connectivity index (χ4v) is 1.49. The van der Waals surface area contributed by atoms with E-state index in [2.05, 4.69) is 5.32 Å². The Morgan fingerprint density at radius 2 is 1.95 bits per heavy atom. The van der Waals surface area contributed by atoms with Crippen LogP contribution < -0.4 is 5.32 Å². The first-order valence-corrected chi connectivity index (χ1v) is 6.14. The predicted octanol–water partition coefficient (Wildman–Crippen LogP) is 3.04. The number of alkyl carbamates (subject to hydrolysis) is 1. The minimum Gasteiger partial charge on any atom is -0.444 e. The van der Waals surface area contributed by atoms with Crippen LogP contribution in [-0.4, -0.2) is 16.6 Å². The highest BCUT2D eigenvalue weighted by Crippen LogP contribution is 2.15. The summed E-state index contributed by atoms with van der Waals surface area (Å²) in [5.74, 6) is 0. The first-order chi connectivity index (χ1) is 9.28.